The number of hydrogen-bond donors (Lipinski definition) is 0. The van der Waals surface area contributed by atoms with Crippen LogP contribution in [-0.2, 0) is 13.1 Å². The minimum absolute atomic E-state index is 0.879. The summed E-state index contributed by atoms with van der Waals surface area (Å²) in [5.74, 6) is 0. The highest BCUT2D eigenvalue weighted by Gasteiger charge is 2.24. The fourth-order valence-corrected chi connectivity index (χ4v) is 3.37. The first-order chi connectivity index (χ1) is 12.3. The lowest BCUT2D eigenvalue weighted by Gasteiger charge is -2.26. The van der Waals surface area contributed by atoms with Gasteiger partial charge in [0.1, 0.15) is 5.69 Å². The molecule has 0 saturated heterocycles. The molecule has 0 saturated carbocycles. The summed E-state index contributed by atoms with van der Waals surface area (Å²) in [5, 5.41) is 8.98. The van der Waals surface area contributed by atoms with Gasteiger partial charge >= 0.3 is 0 Å². The Hall–Kier alpha value is -2.62. The van der Waals surface area contributed by atoms with E-state index in [0.717, 1.165) is 36.5 Å². The molecule has 1 aliphatic heterocycles. The molecule has 25 heavy (non-hydrogen) atoms. The average molecular weight is 334 g/mol. The minimum atomic E-state index is 0.879. The fraction of sp³-hybridized carbons (Fsp3) is 0.333. The number of hydrogen-bond acceptors (Lipinski definition) is 3. The molecule has 0 aliphatic carbocycles. The molecule has 0 N–H and O–H groups in total. The van der Waals surface area contributed by atoms with E-state index in [0.29, 0.717) is 0 Å². The van der Waals surface area contributed by atoms with Crippen LogP contribution in [0, 0.1) is 0 Å². The maximum Gasteiger partial charge on any atom is 0.123 e. The monoisotopic (exact) mass is 334 g/mol. The molecule has 2 aromatic carbocycles. The zero-order valence-electron chi connectivity index (χ0n) is 15.5. The number of anilines is 1. The molecule has 0 radical (unpaired) electrons. The Kier molecular flexibility index (Phi) is 5.17. The number of rotatable bonds is 2. The van der Waals surface area contributed by atoms with Crippen LogP contribution in [0.4, 0.5) is 5.69 Å². The number of aromatic nitrogens is 3. The van der Waals surface area contributed by atoms with Gasteiger partial charge in [-0.2, -0.15) is 0 Å². The summed E-state index contributed by atoms with van der Waals surface area (Å²) in [5.41, 5.74) is 7.03. The SMILES string of the molecule is CC.CCCn1nnc2c1-c1ccccc1CN(C)c1ccccc1-2. The zero-order chi connectivity index (χ0) is 17.8. The predicted molar refractivity (Wildman–Crippen MR) is 105 cm³/mol. The molecule has 2 heterocycles. The van der Waals surface area contributed by atoms with Gasteiger partial charge in [0.05, 0.1) is 5.69 Å². The van der Waals surface area contributed by atoms with Crippen LogP contribution in [-0.4, -0.2) is 22.0 Å². The van der Waals surface area contributed by atoms with Crippen molar-refractivity contribution < 1.29 is 0 Å². The molecule has 0 bridgehead atoms. The first kappa shape index (κ1) is 17.2. The van der Waals surface area contributed by atoms with Crippen LogP contribution in [0.15, 0.2) is 48.5 Å². The summed E-state index contributed by atoms with van der Waals surface area (Å²) in [6.45, 7) is 7.93. The molecule has 3 aromatic rings. The molecule has 1 aromatic heterocycles. The van der Waals surface area contributed by atoms with Crippen molar-refractivity contribution in [3.8, 4) is 22.5 Å². The van der Waals surface area contributed by atoms with Crippen molar-refractivity contribution in [1.29, 1.82) is 0 Å². The molecular formula is C21H26N4. The van der Waals surface area contributed by atoms with Crippen molar-refractivity contribution in [2.24, 2.45) is 0 Å². The second kappa shape index (κ2) is 7.51. The van der Waals surface area contributed by atoms with E-state index < -0.39 is 0 Å². The van der Waals surface area contributed by atoms with Crippen molar-refractivity contribution in [2.75, 3.05) is 11.9 Å². The van der Waals surface area contributed by atoms with E-state index in [2.05, 4.69) is 82.4 Å². The van der Waals surface area contributed by atoms with Crippen molar-refractivity contribution in [2.45, 2.75) is 40.3 Å². The minimum Gasteiger partial charge on any atom is -0.370 e. The molecule has 0 spiro atoms. The van der Waals surface area contributed by atoms with Crippen LogP contribution >= 0.6 is 0 Å². The van der Waals surface area contributed by atoms with Gasteiger partial charge < -0.3 is 4.90 Å². The Morgan fingerprint density at radius 1 is 0.960 bits per heavy atom. The summed E-state index contributed by atoms with van der Waals surface area (Å²) in [6, 6.07) is 17.0. The van der Waals surface area contributed by atoms with Crippen LogP contribution in [0.5, 0.6) is 0 Å². The number of benzene rings is 2. The summed E-state index contributed by atoms with van der Waals surface area (Å²) < 4.78 is 2.05. The third-order valence-corrected chi connectivity index (χ3v) is 4.42. The number of fused-ring (bicyclic) bond motifs is 5. The van der Waals surface area contributed by atoms with Gasteiger partial charge in [0.25, 0.3) is 0 Å². The van der Waals surface area contributed by atoms with E-state index in [-0.39, 0.29) is 0 Å². The maximum absolute atomic E-state index is 4.54. The summed E-state index contributed by atoms with van der Waals surface area (Å²) in [6.07, 6.45) is 1.04. The lowest BCUT2D eigenvalue weighted by atomic mass is 9.96. The Morgan fingerprint density at radius 3 is 2.40 bits per heavy atom. The van der Waals surface area contributed by atoms with Crippen molar-refractivity contribution in [1.82, 2.24) is 15.0 Å². The van der Waals surface area contributed by atoms with E-state index in [1.807, 2.05) is 13.8 Å². The molecule has 1 aliphatic rings. The maximum atomic E-state index is 4.54. The molecule has 4 heteroatoms. The molecule has 4 rings (SSSR count). The zero-order valence-corrected chi connectivity index (χ0v) is 15.5. The number of nitrogens with zero attached hydrogens (tertiary/aromatic N) is 4. The Morgan fingerprint density at radius 2 is 1.64 bits per heavy atom. The molecule has 0 unspecified atom stereocenters. The molecule has 0 atom stereocenters. The van der Waals surface area contributed by atoms with Crippen LogP contribution < -0.4 is 4.90 Å². The molecule has 4 nitrogen and oxygen atoms in total. The number of aryl methyl sites for hydroxylation is 1. The van der Waals surface area contributed by atoms with Crippen molar-refractivity contribution >= 4 is 5.69 Å². The lowest BCUT2D eigenvalue weighted by Crippen LogP contribution is -2.19. The number of para-hydroxylation sites is 1. The van der Waals surface area contributed by atoms with Gasteiger partial charge in [0.2, 0.25) is 0 Å². The van der Waals surface area contributed by atoms with E-state index in [1.54, 1.807) is 0 Å². The summed E-state index contributed by atoms with van der Waals surface area (Å²) in [7, 11) is 2.14. The standard InChI is InChI=1S/C19H20N4.C2H6/c1-3-12-23-19-15-9-5-4-8-14(15)13-22(2)17-11-7-6-10-16(17)18(19)20-21-23;1-2/h4-11H,3,12-13H2,1-2H3;1-2H3. The van der Waals surface area contributed by atoms with E-state index in [4.69, 9.17) is 0 Å². The second-order valence-corrected chi connectivity index (χ2v) is 6.04. The van der Waals surface area contributed by atoms with Gasteiger partial charge in [-0.1, -0.05) is 68.4 Å². The topological polar surface area (TPSA) is 34.0 Å². The fourth-order valence-electron chi connectivity index (χ4n) is 3.37. The largest absolute Gasteiger partial charge is 0.370 e. The first-order valence-corrected chi connectivity index (χ1v) is 9.12. The first-order valence-electron chi connectivity index (χ1n) is 9.12. The summed E-state index contributed by atoms with van der Waals surface area (Å²) in [4.78, 5) is 2.29. The summed E-state index contributed by atoms with van der Waals surface area (Å²) >= 11 is 0. The van der Waals surface area contributed by atoms with Crippen LogP contribution in [0.25, 0.3) is 22.5 Å². The highest BCUT2D eigenvalue weighted by molar-refractivity contribution is 5.87. The molecule has 0 amide bonds. The van der Waals surface area contributed by atoms with Crippen molar-refractivity contribution in [3.63, 3.8) is 0 Å². The van der Waals surface area contributed by atoms with Gasteiger partial charge in [-0.3, -0.25) is 0 Å². The van der Waals surface area contributed by atoms with Crippen molar-refractivity contribution in [3.05, 3.63) is 54.1 Å². The van der Waals surface area contributed by atoms with Gasteiger partial charge in [-0.05, 0) is 18.1 Å². The van der Waals surface area contributed by atoms with Gasteiger partial charge in [-0.15, -0.1) is 5.10 Å². The molecular weight excluding hydrogens is 308 g/mol. The second-order valence-electron chi connectivity index (χ2n) is 6.04. The van der Waals surface area contributed by atoms with Crippen LogP contribution in [0.2, 0.25) is 0 Å². The Bertz CT molecular complexity index is 851. The van der Waals surface area contributed by atoms with Crippen LogP contribution in [0.1, 0.15) is 32.8 Å². The highest BCUT2D eigenvalue weighted by Crippen LogP contribution is 2.40. The van der Waals surface area contributed by atoms with Crippen LogP contribution in [0.3, 0.4) is 0 Å². The quantitative estimate of drug-likeness (QED) is 0.661. The normalized spacial score (nSPS) is 12.1. The predicted octanol–water partition coefficient (Wildman–Crippen LogP) is 5.00. The van der Waals surface area contributed by atoms with E-state index in [9.17, 15) is 0 Å². The third kappa shape index (κ3) is 3.04. The van der Waals surface area contributed by atoms with Gasteiger partial charge in [-0.25, -0.2) is 4.68 Å². The Labute approximate surface area is 150 Å². The third-order valence-electron chi connectivity index (χ3n) is 4.42. The van der Waals surface area contributed by atoms with E-state index >= 15 is 0 Å². The van der Waals surface area contributed by atoms with Gasteiger partial charge in [0, 0.05) is 37.0 Å². The smallest absolute Gasteiger partial charge is 0.123 e. The lowest BCUT2D eigenvalue weighted by molar-refractivity contribution is 0.584. The Balaban J connectivity index is 0.000000880. The molecule has 0 fully saturated rings. The van der Waals surface area contributed by atoms with E-state index in [1.165, 1.54) is 16.8 Å². The average Bonchev–Trinajstić information content (AvgIpc) is 3.06. The molecule has 130 valence electrons. The van der Waals surface area contributed by atoms with Gasteiger partial charge in [0.15, 0.2) is 0 Å². The highest BCUT2D eigenvalue weighted by atomic mass is 15.4.